The van der Waals surface area contributed by atoms with Gasteiger partial charge >= 0.3 is 5.97 Å². The summed E-state index contributed by atoms with van der Waals surface area (Å²) in [6.45, 7) is 1.31. The van der Waals surface area contributed by atoms with Gasteiger partial charge in [0.05, 0.1) is 20.8 Å². The predicted molar refractivity (Wildman–Crippen MR) is 93.5 cm³/mol. The molecule has 1 aromatic carbocycles. The fraction of sp³-hybridized carbons (Fsp3) is 0.125. The van der Waals surface area contributed by atoms with Gasteiger partial charge in [-0.25, -0.2) is 4.79 Å². The molecule has 2 aromatic rings. The molecule has 0 saturated heterocycles. The number of carbonyl (C=O) groups is 2. The van der Waals surface area contributed by atoms with E-state index in [-0.39, 0.29) is 20.8 Å². The van der Waals surface area contributed by atoms with E-state index < -0.39 is 18.5 Å². The van der Waals surface area contributed by atoms with Crippen LogP contribution in [0.1, 0.15) is 11.5 Å². The topological polar surface area (TPSA) is 68.5 Å². The van der Waals surface area contributed by atoms with Crippen LogP contribution in [0.5, 0.6) is 0 Å². The quantitative estimate of drug-likeness (QED) is 0.456. The largest absolute Gasteiger partial charge is 0.462 e. The molecule has 0 fully saturated rings. The molecule has 0 radical (unpaired) electrons. The molecule has 0 saturated carbocycles. The molecule has 0 spiro atoms. The van der Waals surface area contributed by atoms with Gasteiger partial charge in [0.25, 0.3) is 5.91 Å². The molecule has 2 rings (SSSR count). The van der Waals surface area contributed by atoms with Crippen LogP contribution in [-0.2, 0) is 14.3 Å². The first-order chi connectivity index (χ1) is 11.3. The van der Waals surface area contributed by atoms with Crippen molar-refractivity contribution in [2.75, 3.05) is 11.9 Å². The third-order valence-corrected chi connectivity index (χ3v) is 3.81. The first-order valence-corrected chi connectivity index (χ1v) is 7.84. The highest BCUT2D eigenvalue weighted by Crippen LogP contribution is 2.32. The molecule has 8 heteroatoms. The number of aryl methyl sites for hydroxylation is 1. The summed E-state index contributed by atoms with van der Waals surface area (Å²) in [6.07, 6.45) is 2.61. The Balaban J connectivity index is 1.86. The smallest absolute Gasteiger partial charge is 0.331 e. The number of ether oxygens (including phenoxy) is 1. The lowest BCUT2D eigenvalue weighted by Gasteiger charge is -2.08. The molecule has 24 heavy (non-hydrogen) atoms. The normalized spacial score (nSPS) is 10.8. The van der Waals surface area contributed by atoms with Crippen molar-refractivity contribution >= 4 is 58.4 Å². The minimum Gasteiger partial charge on any atom is -0.462 e. The number of hydrogen-bond donors (Lipinski definition) is 1. The summed E-state index contributed by atoms with van der Waals surface area (Å²) in [4.78, 5) is 23.3. The molecular formula is C16H12Cl3NO4. The van der Waals surface area contributed by atoms with Gasteiger partial charge in [-0.2, -0.15) is 0 Å². The number of nitrogens with one attached hydrogen (secondary N) is 1. The summed E-state index contributed by atoms with van der Waals surface area (Å²) in [5, 5.41) is 3.21. The zero-order valence-corrected chi connectivity index (χ0v) is 14.7. The van der Waals surface area contributed by atoms with Gasteiger partial charge < -0.3 is 14.5 Å². The van der Waals surface area contributed by atoms with Crippen molar-refractivity contribution in [3.8, 4) is 0 Å². The second kappa shape index (κ2) is 8.24. The average molecular weight is 389 g/mol. The Bertz CT molecular complexity index is 799. The Morgan fingerprint density at radius 2 is 1.88 bits per heavy atom. The Morgan fingerprint density at radius 1 is 1.17 bits per heavy atom. The highest BCUT2D eigenvalue weighted by molar-refractivity contribution is 6.44. The maximum atomic E-state index is 11.8. The third kappa shape index (κ3) is 5.30. The summed E-state index contributed by atoms with van der Waals surface area (Å²) in [7, 11) is 0. The van der Waals surface area contributed by atoms with E-state index in [1.54, 1.807) is 19.1 Å². The van der Waals surface area contributed by atoms with Gasteiger partial charge in [-0.1, -0.05) is 34.8 Å². The molecular weight excluding hydrogens is 377 g/mol. The number of carbonyl (C=O) groups excluding carboxylic acids is 2. The van der Waals surface area contributed by atoms with Crippen molar-refractivity contribution in [2.24, 2.45) is 0 Å². The number of benzene rings is 1. The number of esters is 1. The van der Waals surface area contributed by atoms with Crippen molar-refractivity contribution in [3.63, 3.8) is 0 Å². The minimum absolute atomic E-state index is 0.220. The number of anilines is 1. The Hall–Kier alpha value is -1.95. The van der Waals surface area contributed by atoms with Crippen LogP contribution in [0.4, 0.5) is 5.69 Å². The van der Waals surface area contributed by atoms with E-state index in [0.29, 0.717) is 5.76 Å². The third-order valence-electron chi connectivity index (χ3n) is 2.77. The van der Waals surface area contributed by atoms with Gasteiger partial charge in [0, 0.05) is 6.08 Å². The lowest BCUT2D eigenvalue weighted by Crippen LogP contribution is -2.20. The van der Waals surface area contributed by atoms with Gasteiger partial charge in [0.15, 0.2) is 6.61 Å². The van der Waals surface area contributed by atoms with Crippen LogP contribution < -0.4 is 5.32 Å². The van der Waals surface area contributed by atoms with E-state index in [9.17, 15) is 9.59 Å². The van der Waals surface area contributed by atoms with Crippen LogP contribution in [0.3, 0.4) is 0 Å². The summed E-state index contributed by atoms with van der Waals surface area (Å²) in [6, 6.07) is 6.28. The van der Waals surface area contributed by atoms with E-state index in [0.717, 1.165) is 11.8 Å². The summed E-state index contributed by atoms with van der Waals surface area (Å²) in [5.41, 5.74) is 0.272. The van der Waals surface area contributed by atoms with E-state index in [1.807, 2.05) is 0 Å². The van der Waals surface area contributed by atoms with E-state index in [4.69, 9.17) is 44.0 Å². The Kier molecular flexibility index (Phi) is 6.31. The number of amides is 1. The highest BCUT2D eigenvalue weighted by atomic mass is 35.5. The van der Waals surface area contributed by atoms with Gasteiger partial charge in [-0.05, 0) is 37.3 Å². The van der Waals surface area contributed by atoms with Crippen molar-refractivity contribution in [1.82, 2.24) is 0 Å². The molecule has 1 aromatic heterocycles. The van der Waals surface area contributed by atoms with Gasteiger partial charge in [0.1, 0.15) is 11.5 Å². The molecule has 0 aliphatic carbocycles. The maximum Gasteiger partial charge on any atom is 0.331 e. The van der Waals surface area contributed by atoms with Crippen molar-refractivity contribution < 1.29 is 18.7 Å². The second-order valence-electron chi connectivity index (χ2n) is 4.68. The van der Waals surface area contributed by atoms with Crippen LogP contribution in [0, 0.1) is 6.92 Å². The average Bonchev–Trinajstić information content (AvgIpc) is 2.94. The lowest BCUT2D eigenvalue weighted by atomic mass is 10.3. The fourth-order valence-electron chi connectivity index (χ4n) is 1.68. The number of halogens is 3. The van der Waals surface area contributed by atoms with Crippen LogP contribution in [0.15, 0.2) is 34.8 Å². The molecule has 126 valence electrons. The van der Waals surface area contributed by atoms with Crippen LogP contribution >= 0.6 is 34.8 Å². The molecule has 0 aliphatic heterocycles. The zero-order valence-electron chi connectivity index (χ0n) is 12.4. The van der Waals surface area contributed by atoms with E-state index >= 15 is 0 Å². The first-order valence-electron chi connectivity index (χ1n) is 6.71. The number of furan rings is 1. The van der Waals surface area contributed by atoms with E-state index in [1.165, 1.54) is 18.2 Å². The molecule has 0 atom stereocenters. The van der Waals surface area contributed by atoms with Crippen LogP contribution in [0.2, 0.25) is 15.1 Å². The summed E-state index contributed by atoms with van der Waals surface area (Å²) < 4.78 is 10.1. The monoisotopic (exact) mass is 387 g/mol. The summed E-state index contributed by atoms with van der Waals surface area (Å²) >= 11 is 17.6. The van der Waals surface area contributed by atoms with Gasteiger partial charge in [-0.3, -0.25) is 4.79 Å². The standard InChI is InChI=1S/C16H12Cl3NO4/c1-9-2-3-10(24-9)4-5-16(22)23-8-15(21)20-14-7-12(18)11(17)6-13(14)19/h2-7H,8H2,1H3,(H,20,21). The van der Waals surface area contributed by atoms with Crippen molar-refractivity contribution in [1.29, 1.82) is 0 Å². The lowest BCUT2D eigenvalue weighted by molar-refractivity contribution is -0.142. The first kappa shape index (κ1) is 18.4. The molecule has 1 N–H and O–H groups in total. The van der Waals surface area contributed by atoms with Gasteiger partial charge in [0.2, 0.25) is 0 Å². The predicted octanol–water partition coefficient (Wildman–Crippen LogP) is 4.74. The van der Waals surface area contributed by atoms with E-state index in [2.05, 4.69) is 5.32 Å². The molecule has 0 bridgehead atoms. The van der Waals surface area contributed by atoms with Crippen LogP contribution in [0.25, 0.3) is 6.08 Å². The molecule has 5 nitrogen and oxygen atoms in total. The SMILES string of the molecule is Cc1ccc(C=CC(=O)OCC(=O)Nc2cc(Cl)c(Cl)cc2Cl)o1. The summed E-state index contributed by atoms with van der Waals surface area (Å²) in [5.74, 6) is -0.0114. The van der Waals surface area contributed by atoms with Crippen LogP contribution in [-0.4, -0.2) is 18.5 Å². The van der Waals surface area contributed by atoms with Crippen molar-refractivity contribution in [2.45, 2.75) is 6.92 Å². The highest BCUT2D eigenvalue weighted by Gasteiger charge is 2.11. The second-order valence-corrected chi connectivity index (χ2v) is 5.91. The van der Waals surface area contributed by atoms with Crippen molar-refractivity contribution in [3.05, 3.63) is 56.9 Å². The number of rotatable bonds is 5. The molecule has 1 amide bonds. The van der Waals surface area contributed by atoms with Gasteiger partial charge in [-0.15, -0.1) is 0 Å². The Morgan fingerprint density at radius 3 is 2.54 bits per heavy atom. The molecule has 0 unspecified atom stereocenters. The fourth-order valence-corrected chi connectivity index (χ4v) is 2.28. The minimum atomic E-state index is -0.681. The number of hydrogen-bond acceptors (Lipinski definition) is 4. The Labute approximate surface area is 153 Å². The molecule has 0 aliphatic rings. The zero-order chi connectivity index (χ0) is 17.7. The maximum absolute atomic E-state index is 11.8. The molecule has 1 heterocycles.